The number of para-hydroxylation sites is 4. The number of rotatable bonds is 3. The fourth-order valence-electron chi connectivity index (χ4n) is 8.78. The van der Waals surface area contributed by atoms with Crippen LogP contribution in [0.5, 0.6) is 11.5 Å². The summed E-state index contributed by atoms with van der Waals surface area (Å²) in [5.74, 6) is 2.48. The number of benzene rings is 6. The highest BCUT2D eigenvalue weighted by atomic mass is 32.2. The lowest BCUT2D eigenvalue weighted by atomic mass is 9.31. The zero-order valence-electron chi connectivity index (χ0n) is 25.3. The van der Waals surface area contributed by atoms with Crippen LogP contribution in [0.3, 0.4) is 0 Å². The lowest BCUT2D eigenvalue weighted by molar-refractivity contribution is 0.486. The van der Waals surface area contributed by atoms with Crippen LogP contribution in [0.15, 0.2) is 138 Å². The Morgan fingerprint density at radius 1 is 0.583 bits per heavy atom. The molecule has 0 aliphatic carbocycles. The molecule has 0 bridgehead atoms. The molecule has 6 nitrogen and oxygen atoms in total. The molecule has 6 heterocycles. The van der Waals surface area contributed by atoms with Crippen LogP contribution in [0.1, 0.15) is 0 Å². The van der Waals surface area contributed by atoms with Gasteiger partial charge in [-0.15, -0.1) is 0 Å². The van der Waals surface area contributed by atoms with Gasteiger partial charge < -0.3 is 9.30 Å². The minimum Gasteiger partial charge on any atom is -0.458 e. The zero-order valence-corrected chi connectivity index (χ0v) is 26.1. The summed E-state index contributed by atoms with van der Waals surface area (Å²) < 4.78 is 9.39. The third kappa shape index (κ3) is 3.06. The molecule has 0 spiro atoms. The molecule has 0 N–H and O–H groups in total. The van der Waals surface area contributed by atoms with Crippen LogP contribution in [-0.2, 0) is 0 Å². The summed E-state index contributed by atoms with van der Waals surface area (Å²) in [6.45, 7) is 0.203. The van der Waals surface area contributed by atoms with E-state index in [1.165, 1.54) is 70.1 Å². The molecule has 0 radical (unpaired) electrons. The summed E-state index contributed by atoms with van der Waals surface area (Å²) in [4.78, 5) is 17.7. The summed E-state index contributed by atoms with van der Waals surface area (Å²) in [6.07, 6.45) is 3.10. The predicted molar refractivity (Wildman–Crippen MR) is 195 cm³/mol. The first-order valence-corrected chi connectivity index (χ1v) is 17.0. The Kier molecular flexibility index (Phi) is 4.73. The Hall–Kier alpha value is -5.79. The highest BCUT2D eigenvalue weighted by Gasteiger charge is 2.48. The van der Waals surface area contributed by atoms with Gasteiger partial charge in [0, 0.05) is 43.0 Å². The monoisotopic (exact) mass is 629 g/mol. The van der Waals surface area contributed by atoms with Crippen molar-refractivity contribution < 1.29 is 4.74 Å². The Balaban J connectivity index is 1.16. The maximum absolute atomic E-state index is 6.81. The highest BCUT2D eigenvalue weighted by molar-refractivity contribution is 8.00. The molecule has 0 unspecified atom stereocenters. The van der Waals surface area contributed by atoms with Crippen molar-refractivity contribution in [1.29, 1.82) is 0 Å². The molecule has 8 aromatic rings. The summed E-state index contributed by atoms with van der Waals surface area (Å²) >= 11 is 1.84. The molecule has 4 aliphatic rings. The van der Waals surface area contributed by atoms with Crippen molar-refractivity contribution in [1.82, 2.24) is 19.5 Å². The number of nitrogens with zero attached hydrogens (tertiary/aromatic N) is 5. The molecule has 0 atom stereocenters. The molecule has 12 rings (SSSR count). The topological polar surface area (TPSA) is 56.1 Å². The first kappa shape index (κ1) is 25.3. The van der Waals surface area contributed by atoms with Crippen LogP contribution in [0.25, 0.3) is 27.5 Å². The fraction of sp³-hybridized carbons (Fsp3) is 0. The van der Waals surface area contributed by atoms with Gasteiger partial charge in [-0.2, -0.15) is 0 Å². The maximum atomic E-state index is 6.81. The van der Waals surface area contributed by atoms with Crippen molar-refractivity contribution in [2.75, 3.05) is 4.90 Å². The molecular weight excluding hydrogens is 608 g/mol. The van der Waals surface area contributed by atoms with E-state index in [1.807, 2.05) is 30.0 Å². The second-order valence-corrected chi connectivity index (χ2v) is 13.9. The average molecular weight is 629 g/mol. The number of aromatic nitrogens is 4. The van der Waals surface area contributed by atoms with Crippen LogP contribution < -0.4 is 42.4 Å². The van der Waals surface area contributed by atoms with Crippen LogP contribution in [0.2, 0.25) is 0 Å². The van der Waals surface area contributed by atoms with Crippen LogP contribution in [0, 0.1) is 0 Å². The van der Waals surface area contributed by atoms with Gasteiger partial charge in [-0.25, -0.2) is 15.0 Å². The molecule has 0 saturated carbocycles. The van der Waals surface area contributed by atoms with E-state index in [0.29, 0.717) is 5.95 Å². The molecule has 0 amide bonds. The van der Waals surface area contributed by atoms with Gasteiger partial charge >= 0.3 is 0 Å². The number of hydrogen-bond donors (Lipinski definition) is 0. The molecule has 2 aromatic heterocycles. The lowest BCUT2D eigenvalue weighted by Gasteiger charge is -2.40. The Morgan fingerprint density at radius 3 is 2.08 bits per heavy atom. The quantitative estimate of drug-likeness (QED) is 0.265. The largest absolute Gasteiger partial charge is 0.458 e. The van der Waals surface area contributed by atoms with Gasteiger partial charge in [-0.3, -0.25) is 4.90 Å². The SMILES string of the molecule is c1ccc(N(c2ccc3c(c2)Sc2cc4c5c6c2B3c2cccc3c7cccc(c7n-6c23)B5c2ccccc2O4)c2ncncn2)cc1. The van der Waals surface area contributed by atoms with Crippen molar-refractivity contribution in [2.45, 2.75) is 9.79 Å². The highest BCUT2D eigenvalue weighted by Crippen LogP contribution is 2.44. The van der Waals surface area contributed by atoms with E-state index in [-0.39, 0.29) is 13.4 Å². The first-order chi connectivity index (χ1) is 23.8. The standard InChI is InChI=1S/C39H21B2N5OS/c1-2-8-22(9-3-1)45(39-43-20-42-21-44-39)23-16-17-27-32(18-23)48-33-19-31-34-38-35(33)41(27)29-14-7-11-25-24-10-6-13-28(36(24)46(38)37(25)29)40(34)26-12-4-5-15-30(26)47-31/h1-21H. The van der Waals surface area contributed by atoms with E-state index >= 15 is 0 Å². The van der Waals surface area contributed by atoms with Gasteiger partial charge in [0.1, 0.15) is 24.2 Å². The van der Waals surface area contributed by atoms with E-state index < -0.39 is 0 Å². The van der Waals surface area contributed by atoms with E-state index in [0.717, 1.165) is 22.9 Å². The van der Waals surface area contributed by atoms with Crippen molar-refractivity contribution in [3.05, 3.63) is 128 Å². The molecule has 4 aliphatic heterocycles. The van der Waals surface area contributed by atoms with Crippen LogP contribution in [0.4, 0.5) is 17.3 Å². The minimum atomic E-state index is 0.0906. The van der Waals surface area contributed by atoms with Gasteiger partial charge in [0.05, 0.1) is 5.69 Å². The smallest absolute Gasteiger partial charge is 0.256 e. The third-order valence-electron chi connectivity index (χ3n) is 10.5. The normalized spacial score (nSPS) is 13.8. The molecule has 48 heavy (non-hydrogen) atoms. The van der Waals surface area contributed by atoms with Crippen LogP contribution >= 0.6 is 11.8 Å². The van der Waals surface area contributed by atoms with Gasteiger partial charge in [0.15, 0.2) is 0 Å². The lowest BCUT2D eigenvalue weighted by Crippen LogP contribution is -2.65. The summed E-state index contributed by atoms with van der Waals surface area (Å²) in [7, 11) is 0. The van der Waals surface area contributed by atoms with Gasteiger partial charge in [-0.1, -0.05) is 96.1 Å². The Morgan fingerprint density at radius 2 is 1.29 bits per heavy atom. The number of fused-ring (bicyclic) bond motifs is 7. The van der Waals surface area contributed by atoms with E-state index in [2.05, 4.69) is 121 Å². The molecule has 0 fully saturated rings. The van der Waals surface area contributed by atoms with E-state index in [4.69, 9.17) is 4.74 Å². The molecule has 9 heteroatoms. The predicted octanol–water partition coefficient (Wildman–Crippen LogP) is 4.67. The second kappa shape index (κ2) is 8.97. The van der Waals surface area contributed by atoms with E-state index in [9.17, 15) is 0 Å². The average Bonchev–Trinajstić information content (AvgIpc) is 3.48. The molecule has 0 saturated heterocycles. The van der Waals surface area contributed by atoms with Gasteiger partial charge in [-0.05, 0) is 63.7 Å². The van der Waals surface area contributed by atoms with Crippen molar-refractivity contribution in [2.24, 2.45) is 0 Å². The first-order valence-electron chi connectivity index (χ1n) is 16.2. The Bertz CT molecular complexity index is 2680. The van der Waals surface area contributed by atoms with Crippen LogP contribution in [-0.4, -0.2) is 32.9 Å². The summed E-state index contributed by atoms with van der Waals surface area (Å²) in [5, 5.41) is 2.62. The van der Waals surface area contributed by atoms with Crippen molar-refractivity contribution in [3.8, 4) is 17.2 Å². The maximum Gasteiger partial charge on any atom is 0.256 e. The fourth-order valence-corrected chi connectivity index (χ4v) is 9.99. The molecule has 6 aromatic carbocycles. The van der Waals surface area contributed by atoms with Gasteiger partial charge in [0.25, 0.3) is 6.71 Å². The summed E-state index contributed by atoms with van der Waals surface area (Å²) in [5.41, 5.74) is 13.9. The Labute approximate surface area is 280 Å². The van der Waals surface area contributed by atoms with Gasteiger partial charge in [0.2, 0.25) is 12.7 Å². The number of anilines is 3. The summed E-state index contributed by atoms with van der Waals surface area (Å²) in [6, 6.07) is 41.8. The zero-order chi connectivity index (χ0) is 31.1. The van der Waals surface area contributed by atoms with Crippen molar-refractivity contribution >= 4 is 97.1 Å². The number of ether oxygens (including phenoxy) is 1. The second-order valence-electron chi connectivity index (χ2n) is 12.8. The minimum absolute atomic E-state index is 0.0906. The van der Waals surface area contributed by atoms with E-state index in [1.54, 1.807) is 12.7 Å². The third-order valence-corrected chi connectivity index (χ3v) is 11.7. The van der Waals surface area contributed by atoms with Crippen molar-refractivity contribution in [3.63, 3.8) is 0 Å². The number of hydrogen-bond acceptors (Lipinski definition) is 6. The molecular formula is C39H21B2N5OS. The molecule has 220 valence electrons.